The molecule has 5 rings (SSSR count). The highest BCUT2D eigenvalue weighted by Crippen LogP contribution is 2.40. The molecule has 0 spiro atoms. The van der Waals surface area contributed by atoms with Gasteiger partial charge in [-0.15, -0.1) is 11.1 Å². The van der Waals surface area contributed by atoms with E-state index >= 15 is 0 Å². The van der Waals surface area contributed by atoms with Gasteiger partial charge in [0.2, 0.25) is 5.95 Å². The molecular weight excluding hydrogens is 533 g/mol. The van der Waals surface area contributed by atoms with Gasteiger partial charge in [-0.1, -0.05) is 38.4 Å². The first-order valence-electron chi connectivity index (χ1n) is 13.1. The number of anilines is 2. The summed E-state index contributed by atoms with van der Waals surface area (Å²) in [5.41, 5.74) is 14.0. The van der Waals surface area contributed by atoms with Crippen molar-refractivity contribution in [2.75, 3.05) is 36.7 Å². The van der Waals surface area contributed by atoms with Crippen LogP contribution in [0.5, 0.6) is 0 Å². The predicted octanol–water partition coefficient (Wildman–Crippen LogP) is 4.64. The number of aryl methyl sites for hydroxylation is 1. The molecule has 0 saturated carbocycles. The quantitative estimate of drug-likeness (QED) is 0.388. The Bertz CT molecular complexity index is 1500. The molecule has 3 N–H and O–H groups in total. The average molecular weight is 566 g/mol. The van der Waals surface area contributed by atoms with Crippen molar-refractivity contribution in [2.24, 2.45) is 5.41 Å². The molecule has 2 aromatic heterocycles. The van der Waals surface area contributed by atoms with Crippen LogP contribution in [0, 0.1) is 29.6 Å². The second kappa shape index (κ2) is 11.1. The number of rotatable bonds is 4. The van der Waals surface area contributed by atoms with E-state index in [4.69, 9.17) is 16.4 Å². The first kappa shape index (κ1) is 27.9. The first-order valence-corrected chi connectivity index (χ1v) is 13.5. The van der Waals surface area contributed by atoms with E-state index in [2.05, 4.69) is 58.3 Å². The third kappa shape index (κ3) is 5.62. The van der Waals surface area contributed by atoms with Crippen LogP contribution in [0.25, 0.3) is 10.9 Å². The zero-order chi connectivity index (χ0) is 28.6. The maximum Gasteiger partial charge on any atom is 0.213 e. The van der Waals surface area contributed by atoms with Gasteiger partial charge in [-0.25, -0.2) is 4.98 Å². The summed E-state index contributed by atoms with van der Waals surface area (Å²) in [6.45, 7) is 10.1. The van der Waals surface area contributed by atoms with Gasteiger partial charge in [0.1, 0.15) is 12.1 Å². The standard InChI is InChI=1S/C28H33ClFN9O/c1-17-20(7-8-24(30)33-17)27-23-15-38(35-34-23)9-6-10-40-36-39(27)19-11-21-25(22(29)12-19)32-14-18(13-31)26(21)37(5)16-28(2,3)4/h7-8,11-12,14-15,27,34-36H,6,9-10,16H2,1-5H3/t27-/m0/s1. The van der Waals surface area contributed by atoms with Crippen LogP contribution in [-0.2, 0) is 4.84 Å². The molecule has 0 aliphatic carbocycles. The number of nitrogens with one attached hydrogen (secondary N) is 3. The minimum Gasteiger partial charge on any atom is -0.372 e. The van der Waals surface area contributed by atoms with Crippen molar-refractivity contribution >= 4 is 33.9 Å². The van der Waals surface area contributed by atoms with Crippen molar-refractivity contribution in [3.63, 3.8) is 0 Å². The second-order valence-corrected chi connectivity index (χ2v) is 11.7. The van der Waals surface area contributed by atoms with E-state index in [9.17, 15) is 9.65 Å². The third-order valence-electron chi connectivity index (χ3n) is 6.76. The van der Waals surface area contributed by atoms with Crippen LogP contribution >= 0.6 is 11.6 Å². The fourth-order valence-electron chi connectivity index (χ4n) is 5.24. The smallest absolute Gasteiger partial charge is 0.213 e. The summed E-state index contributed by atoms with van der Waals surface area (Å²) in [6.07, 6.45) is 4.31. The summed E-state index contributed by atoms with van der Waals surface area (Å²) < 4.78 is 14.1. The molecule has 2 aliphatic rings. The summed E-state index contributed by atoms with van der Waals surface area (Å²) >= 11 is 6.87. The average Bonchev–Trinajstić information content (AvgIpc) is 3.34. The lowest BCUT2D eigenvalue weighted by Crippen LogP contribution is -2.45. The van der Waals surface area contributed by atoms with Crippen LogP contribution in [0.2, 0.25) is 5.02 Å². The molecule has 2 bridgehead atoms. The molecule has 1 atom stereocenters. The highest BCUT2D eigenvalue weighted by molar-refractivity contribution is 6.35. The van der Waals surface area contributed by atoms with Gasteiger partial charge in [0.15, 0.2) is 0 Å². The van der Waals surface area contributed by atoms with Gasteiger partial charge in [-0.05, 0) is 37.0 Å². The van der Waals surface area contributed by atoms with Crippen molar-refractivity contribution in [1.29, 1.82) is 5.26 Å². The van der Waals surface area contributed by atoms with E-state index in [-0.39, 0.29) is 5.41 Å². The van der Waals surface area contributed by atoms with E-state index < -0.39 is 12.0 Å². The zero-order valence-electron chi connectivity index (χ0n) is 23.2. The molecule has 0 fully saturated rings. The van der Waals surface area contributed by atoms with Crippen LogP contribution in [0.4, 0.5) is 15.8 Å². The van der Waals surface area contributed by atoms with E-state index in [0.29, 0.717) is 40.6 Å². The van der Waals surface area contributed by atoms with Gasteiger partial charge in [0, 0.05) is 49.2 Å². The SMILES string of the molecule is Cc1nc(F)ccc1[C@H]1C2=CN(CCCONN1c1cc(Cl)c3ncc(C#N)c(N(C)CC(C)(C)C)c3c1)NN2. The highest BCUT2D eigenvalue weighted by Gasteiger charge is 2.32. The fraction of sp³-hybridized carbons (Fsp3) is 0.393. The van der Waals surface area contributed by atoms with Crippen LogP contribution in [0.1, 0.15) is 50.1 Å². The number of nitriles is 1. The Labute approximate surface area is 238 Å². The van der Waals surface area contributed by atoms with Crippen molar-refractivity contribution in [1.82, 2.24) is 31.5 Å². The number of hydrogen-bond donors (Lipinski definition) is 3. The molecular formula is C28H33ClFN9O. The number of hydrogen-bond acceptors (Lipinski definition) is 10. The monoisotopic (exact) mass is 565 g/mol. The summed E-state index contributed by atoms with van der Waals surface area (Å²) in [5.74, 6) is -0.555. The Hall–Kier alpha value is -3.69. The van der Waals surface area contributed by atoms with Crippen LogP contribution < -0.4 is 26.5 Å². The lowest BCUT2D eigenvalue weighted by molar-refractivity contribution is 0.0241. The number of hydrazine groups is 3. The molecule has 40 heavy (non-hydrogen) atoms. The van der Waals surface area contributed by atoms with Crippen molar-refractivity contribution < 1.29 is 9.23 Å². The zero-order valence-corrected chi connectivity index (χ0v) is 24.0. The lowest BCUT2D eigenvalue weighted by atomic mass is 9.95. The molecule has 12 heteroatoms. The van der Waals surface area contributed by atoms with Crippen LogP contribution in [0.15, 0.2) is 42.4 Å². The molecule has 0 saturated heterocycles. The fourth-order valence-corrected chi connectivity index (χ4v) is 5.50. The van der Waals surface area contributed by atoms with Crippen molar-refractivity contribution in [3.05, 3.63) is 70.2 Å². The normalized spacial score (nSPS) is 17.9. The Morgan fingerprint density at radius 3 is 2.83 bits per heavy atom. The van der Waals surface area contributed by atoms with E-state index in [1.807, 2.05) is 29.3 Å². The Kier molecular flexibility index (Phi) is 7.70. The molecule has 4 heterocycles. The summed E-state index contributed by atoms with van der Waals surface area (Å²) in [7, 11) is 1.97. The Balaban J connectivity index is 1.72. The number of pyridine rings is 2. The molecule has 210 valence electrons. The number of benzene rings is 1. The summed E-state index contributed by atoms with van der Waals surface area (Å²) in [6, 6.07) is 8.60. The molecule has 0 radical (unpaired) electrons. The third-order valence-corrected chi connectivity index (χ3v) is 7.05. The van der Waals surface area contributed by atoms with E-state index in [1.165, 1.54) is 6.07 Å². The molecule has 10 nitrogen and oxygen atoms in total. The molecule has 0 amide bonds. The maximum atomic E-state index is 14.1. The minimum atomic E-state index is -0.555. The van der Waals surface area contributed by atoms with Gasteiger partial charge >= 0.3 is 0 Å². The van der Waals surface area contributed by atoms with Gasteiger partial charge < -0.3 is 10.3 Å². The van der Waals surface area contributed by atoms with Crippen LogP contribution in [-0.4, -0.2) is 41.7 Å². The van der Waals surface area contributed by atoms with Gasteiger partial charge in [0.25, 0.3) is 0 Å². The Morgan fingerprint density at radius 2 is 2.10 bits per heavy atom. The van der Waals surface area contributed by atoms with E-state index in [0.717, 1.165) is 35.3 Å². The largest absolute Gasteiger partial charge is 0.372 e. The number of aromatic nitrogens is 2. The maximum absolute atomic E-state index is 14.1. The van der Waals surface area contributed by atoms with Crippen molar-refractivity contribution in [3.8, 4) is 6.07 Å². The molecule has 3 aromatic rings. The predicted molar refractivity (Wildman–Crippen MR) is 153 cm³/mol. The topological polar surface area (TPSA) is 105 Å². The number of nitrogens with zero attached hydrogens (tertiary/aromatic N) is 6. The lowest BCUT2D eigenvalue weighted by Gasteiger charge is -2.35. The van der Waals surface area contributed by atoms with E-state index in [1.54, 1.807) is 25.3 Å². The first-order chi connectivity index (χ1) is 19.1. The number of halogens is 2. The summed E-state index contributed by atoms with van der Waals surface area (Å²) in [5, 5.41) is 14.9. The molecule has 2 aliphatic heterocycles. The summed E-state index contributed by atoms with van der Waals surface area (Å²) in [4.78, 5) is 16.6. The van der Waals surface area contributed by atoms with Crippen molar-refractivity contribution in [2.45, 2.75) is 40.2 Å². The Morgan fingerprint density at radius 1 is 1.30 bits per heavy atom. The minimum absolute atomic E-state index is 0.0225. The van der Waals surface area contributed by atoms with Gasteiger partial charge in [-0.3, -0.25) is 19.8 Å². The van der Waals surface area contributed by atoms with Crippen LogP contribution in [0.3, 0.4) is 0 Å². The highest BCUT2D eigenvalue weighted by atomic mass is 35.5. The van der Waals surface area contributed by atoms with Gasteiger partial charge in [0.05, 0.1) is 39.8 Å². The number of fused-ring (bicyclic) bond motifs is 2. The molecule has 0 unspecified atom stereocenters. The van der Waals surface area contributed by atoms with Gasteiger partial charge in [-0.2, -0.15) is 9.65 Å². The second-order valence-electron chi connectivity index (χ2n) is 11.3. The molecule has 1 aromatic carbocycles.